The van der Waals surface area contributed by atoms with Crippen molar-refractivity contribution in [3.05, 3.63) is 77.8 Å². The lowest BCUT2D eigenvalue weighted by Gasteiger charge is -2.22. The summed E-state index contributed by atoms with van der Waals surface area (Å²) in [6.45, 7) is 0. The first-order valence-electron chi connectivity index (χ1n) is 7.60. The van der Waals surface area contributed by atoms with Gasteiger partial charge in [0.15, 0.2) is 5.58 Å². The minimum absolute atomic E-state index is 0.124. The molecule has 0 amide bonds. The van der Waals surface area contributed by atoms with Crippen molar-refractivity contribution < 1.29 is 4.42 Å². The number of fused-ring (bicyclic) bond motifs is 1. The molecule has 0 aliphatic carbocycles. The number of thioether (sulfide) groups is 1. The van der Waals surface area contributed by atoms with E-state index in [4.69, 9.17) is 27.6 Å². The number of alkyl halides is 1. The van der Waals surface area contributed by atoms with Gasteiger partial charge in [0.05, 0.1) is 11.6 Å². The first kappa shape index (κ1) is 16.5. The van der Waals surface area contributed by atoms with Gasteiger partial charge in [-0.1, -0.05) is 59.2 Å². The average molecular weight is 390 g/mol. The maximum atomic E-state index is 6.74. The zero-order valence-electron chi connectivity index (χ0n) is 12.9. The van der Waals surface area contributed by atoms with E-state index in [1.165, 1.54) is 11.8 Å². The second-order valence-electron chi connectivity index (χ2n) is 5.42. The largest absolute Gasteiger partial charge is 0.431 e. The van der Waals surface area contributed by atoms with E-state index in [-0.39, 0.29) is 10.8 Å². The summed E-state index contributed by atoms with van der Waals surface area (Å²) in [5, 5.41) is 1.14. The van der Waals surface area contributed by atoms with E-state index < -0.39 is 0 Å². The maximum Gasteiger partial charge on any atom is 0.257 e. The van der Waals surface area contributed by atoms with E-state index in [0.29, 0.717) is 10.2 Å². The monoisotopic (exact) mass is 389 g/mol. The second kappa shape index (κ2) is 7.12. The van der Waals surface area contributed by atoms with Gasteiger partial charge in [0.2, 0.25) is 0 Å². The maximum absolute atomic E-state index is 6.74. The van der Waals surface area contributed by atoms with Crippen molar-refractivity contribution in [2.75, 3.05) is 0 Å². The zero-order chi connectivity index (χ0) is 17.2. The van der Waals surface area contributed by atoms with Gasteiger partial charge in [-0.2, -0.15) is 0 Å². The number of halogens is 2. The highest BCUT2D eigenvalue weighted by Gasteiger charge is 2.26. The fourth-order valence-electron chi connectivity index (χ4n) is 2.52. The van der Waals surface area contributed by atoms with E-state index in [1.807, 2.05) is 59.3 Å². The Morgan fingerprint density at radius 3 is 2.60 bits per heavy atom. The predicted molar refractivity (Wildman–Crippen MR) is 101 cm³/mol. The van der Waals surface area contributed by atoms with Crippen molar-refractivity contribution in [3.8, 4) is 0 Å². The molecule has 2 unspecified atom stereocenters. The fourth-order valence-corrected chi connectivity index (χ4v) is 4.11. The lowest BCUT2D eigenvalue weighted by atomic mass is 10.1. The van der Waals surface area contributed by atoms with Gasteiger partial charge in [-0.15, -0.1) is 0 Å². The molecular weight excluding hydrogens is 377 g/mol. The van der Waals surface area contributed by atoms with Crippen LogP contribution in [0.2, 0.25) is 5.02 Å². The minimum atomic E-state index is -0.358. The van der Waals surface area contributed by atoms with Gasteiger partial charge < -0.3 is 8.98 Å². The van der Waals surface area contributed by atoms with Crippen LogP contribution in [0.5, 0.6) is 0 Å². The Morgan fingerprint density at radius 1 is 1.08 bits per heavy atom. The van der Waals surface area contributed by atoms with Gasteiger partial charge in [-0.05, 0) is 29.8 Å². The highest BCUT2D eigenvalue weighted by molar-refractivity contribution is 7.99. The van der Waals surface area contributed by atoms with Crippen LogP contribution in [0.25, 0.3) is 11.1 Å². The van der Waals surface area contributed by atoms with Crippen molar-refractivity contribution in [2.24, 2.45) is 0 Å². The number of hydrogen-bond acceptors (Lipinski definition) is 4. The van der Waals surface area contributed by atoms with Gasteiger partial charge in [-0.3, -0.25) is 0 Å². The third kappa shape index (κ3) is 3.54. The van der Waals surface area contributed by atoms with Crippen LogP contribution in [0.4, 0.5) is 0 Å². The summed E-state index contributed by atoms with van der Waals surface area (Å²) in [5.41, 5.74) is 2.26. The first-order valence-corrected chi connectivity index (χ1v) is 9.29. The number of para-hydroxylation sites is 2. The number of hydrogen-bond donors (Lipinski definition) is 0. The molecule has 0 fully saturated rings. The summed E-state index contributed by atoms with van der Waals surface area (Å²) in [4.78, 5) is 8.63. The SMILES string of the molecule is Clc1ccc(C(Sc2nc3ccccc3o2)C(Cl)n2ccnc2)cc1. The molecule has 0 spiro atoms. The number of oxazole rings is 1. The summed E-state index contributed by atoms with van der Waals surface area (Å²) < 4.78 is 7.71. The molecule has 0 saturated heterocycles. The van der Waals surface area contributed by atoms with Gasteiger partial charge >= 0.3 is 0 Å². The van der Waals surface area contributed by atoms with Crippen LogP contribution in [0.3, 0.4) is 0 Å². The number of imidazole rings is 1. The molecule has 0 bridgehead atoms. The Hall–Kier alpha value is -1.95. The summed E-state index contributed by atoms with van der Waals surface area (Å²) in [7, 11) is 0. The van der Waals surface area contributed by atoms with E-state index in [0.717, 1.165) is 16.7 Å². The molecular formula is C18H13Cl2N3OS. The van der Waals surface area contributed by atoms with Crippen molar-refractivity contribution in [3.63, 3.8) is 0 Å². The Labute approximate surface area is 158 Å². The van der Waals surface area contributed by atoms with Crippen molar-refractivity contribution in [1.82, 2.24) is 14.5 Å². The molecule has 2 atom stereocenters. The summed E-state index contributed by atoms with van der Waals surface area (Å²) in [6.07, 6.45) is 5.25. The molecule has 4 aromatic rings. The predicted octanol–water partition coefficient (Wildman–Crippen LogP) is 5.95. The summed E-state index contributed by atoms with van der Waals surface area (Å²) in [6, 6.07) is 15.3. The molecule has 0 N–H and O–H groups in total. The van der Waals surface area contributed by atoms with E-state index in [9.17, 15) is 0 Å². The Kier molecular flexibility index (Phi) is 4.70. The van der Waals surface area contributed by atoms with Crippen molar-refractivity contribution >= 4 is 46.1 Å². The molecule has 4 nitrogen and oxygen atoms in total. The minimum Gasteiger partial charge on any atom is -0.431 e. The first-order chi connectivity index (χ1) is 12.2. The molecule has 2 aromatic heterocycles. The van der Waals surface area contributed by atoms with Crippen LogP contribution in [0.15, 0.2) is 76.9 Å². The Bertz CT molecular complexity index is 937. The summed E-state index contributed by atoms with van der Waals surface area (Å²) >= 11 is 14.2. The van der Waals surface area contributed by atoms with Crippen LogP contribution in [0, 0.1) is 0 Å². The van der Waals surface area contributed by atoms with Crippen LogP contribution < -0.4 is 0 Å². The molecule has 25 heavy (non-hydrogen) atoms. The topological polar surface area (TPSA) is 43.9 Å². The quantitative estimate of drug-likeness (QED) is 0.312. The molecule has 2 heterocycles. The van der Waals surface area contributed by atoms with E-state index in [1.54, 1.807) is 12.5 Å². The van der Waals surface area contributed by atoms with Crippen LogP contribution in [-0.4, -0.2) is 14.5 Å². The standard InChI is InChI=1S/C18H13Cl2N3OS/c19-13-7-5-12(6-8-13)16(17(20)23-10-9-21-11-23)25-18-22-14-3-1-2-4-15(14)24-18/h1-11,16-17H. The number of benzene rings is 2. The van der Waals surface area contributed by atoms with Crippen LogP contribution >= 0.6 is 35.0 Å². The van der Waals surface area contributed by atoms with Crippen molar-refractivity contribution in [1.29, 1.82) is 0 Å². The van der Waals surface area contributed by atoms with Gasteiger partial charge in [-0.25, -0.2) is 9.97 Å². The highest BCUT2D eigenvalue weighted by Crippen LogP contribution is 2.45. The normalized spacial score (nSPS) is 13.8. The van der Waals surface area contributed by atoms with Crippen LogP contribution in [-0.2, 0) is 0 Å². The van der Waals surface area contributed by atoms with Crippen molar-refractivity contribution in [2.45, 2.75) is 16.0 Å². The Morgan fingerprint density at radius 2 is 1.88 bits per heavy atom. The Balaban J connectivity index is 1.70. The highest BCUT2D eigenvalue weighted by atomic mass is 35.5. The van der Waals surface area contributed by atoms with E-state index in [2.05, 4.69) is 9.97 Å². The number of aromatic nitrogens is 3. The molecule has 0 aliphatic heterocycles. The zero-order valence-corrected chi connectivity index (χ0v) is 15.2. The fraction of sp³-hybridized carbons (Fsp3) is 0.111. The van der Waals surface area contributed by atoms with Gasteiger partial charge in [0, 0.05) is 17.4 Å². The van der Waals surface area contributed by atoms with Gasteiger partial charge in [0.1, 0.15) is 11.0 Å². The van der Waals surface area contributed by atoms with Crippen LogP contribution in [0.1, 0.15) is 16.3 Å². The third-order valence-electron chi connectivity index (χ3n) is 3.76. The number of rotatable bonds is 5. The van der Waals surface area contributed by atoms with E-state index >= 15 is 0 Å². The third-order valence-corrected chi connectivity index (χ3v) is 5.80. The molecule has 0 saturated carbocycles. The molecule has 4 rings (SSSR count). The molecule has 0 aliphatic rings. The average Bonchev–Trinajstić information content (AvgIpc) is 3.29. The lowest BCUT2D eigenvalue weighted by Crippen LogP contribution is -2.09. The molecule has 2 aromatic carbocycles. The number of nitrogens with zero attached hydrogens (tertiary/aromatic N) is 3. The summed E-state index contributed by atoms with van der Waals surface area (Å²) in [5.74, 6) is 0. The molecule has 126 valence electrons. The smallest absolute Gasteiger partial charge is 0.257 e. The second-order valence-corrected chi connectivity index (χ2v) is 7.40. The lowest BCUT2D eigenvalue weighted by molar-refractivity contribution is 0.486. The molecule has 0 radical (unpaired) electrons. The van der Waals surface area contributed by atoms with Gasteiger partial charge in [0.25, 0.3) is 5.22 Å². The molecule has 7 heteroatoms.